The van der Waals surface area contributed by atoms with E-state index in [2.05, 4.69) is 31.5 Å². The van der Waals surface area contributed by atoms with Gasteiger partial charge >= 0.3 is 19.2 Å². The Morgan fingerprint density at radius 1 is 0.967 bits per heavy atom. The molecule has 0 saturated carbocycles. The largest absolute Gasteiger partial charge is 0.489 e. The first kappa shape index (κ1) is 45.6. The molecule has 0 saturated heterocycles. The lowest BCUT2D eigenvalue weighted by molar-refractivity contribution is -0.146. The van der Waals surface area contributed by atoms with E-state index in [-0.39, 0.29) is 44.4 Å². The monoisotopic (exact) mass is 882 g/mol. The van der Waals surface area contributed by atoms with E-state index in [9.17, 15) is 29.2 Å². The number of fused-ring (bicyclic) bond motifs is 1. The summed E-state index contributed by atoms with van der Waals surface area (Å²) >= 11 is 3.56. The summed E-state index contributed by atoms with van der Waals surface area (Å²) in [5.74, 6) is -0.556. The number of amides is 3. The van der Waals surface area contributed by atoms with Crippen molar-refractivity contribution in [1.82, 2.24) is 15.6 Å². The van der Waals surface area contributed by atoms with Crippen LogP contribution in [0, 0.1) is 12.3 Å². The number of benzene rings is 3. The zero-order valence-corrected chi connectivity index (χ0v) is 36.2. The molecule has 3 aromatic carbocycles. The Morgan fingerprint density at radius 3 is 2.43 bits per heavy atom. The fourth-order valence-corrected chi connectivity index (χ4v) is 7.49. The van der Waals surface area contributed by atoms with Gasteiger partial charge in [0.2, 0.25) is 11.8 Å². The molecule has 1 aliphatic rings. The molecule has 15 heteroatoms. The average Bonchev–Trinajstić information content (AvgIpc) is 3.19. The number of rotatable bonds is 17. The Labute approximate surface area is 359 Å². The highest BCUT2D eigenvalue weighted by molar-refractivity contribution is 9.11. The summed E-state index contributed by atoms with van der Waals surface area (Å²) in [7, 11) is -1.79. The van der Waals surface area contributed by atoms with Crippen molar-refractivity contribution in [2.75, 3.05) is 18.0 Å². The van der Waals surface area contributed by atoms with Crippen molar-refractivity contribution in [3.05, 3.63) is 118 Å². The number of ether oxygens (including phenoxy) is 3. The molecule has 4 N–H and O–H groups in total. The summed E-state index contributed by atoms with van der Waals surface area (Å²) in [4.78, 5) is 58.5. The predicted molar refractivity (Wildman–Crippen MR) is 235 cm³/mol. The number of nitrogens with zero attached hydrogens (tertiary/aromatic N) is 2. The summed E-state index contributed by atoms with van der Waals surface area (Å²) in [5, 5.41) is 27.3. The van der Waals surface area contributed by atoms with Gasteiger partial charge in [-0.2, -0.15) is 0 Å². The van der Waals surface area contributed by atoms with Crippen LogP contribution in [0.4, 0.5) is 10.6 Å². The van der Waals surface area contributed by atoms with Crippen LogP contribution in [0.5, 0.6) is 5.75 Å². The highest BCUT2D eigenvalue weighted by Gasteiger charge is 2.37. The summed E-state index contributed by atoms with van der Waals surface area (Å²) in [6, 6.07) is 21.2. The minimum Gasteiger partial charge on any atom is -0.488 e. The minimum absolute atomic E-state index is 0.0246. The summed E-state index contributed by atoms with van der Waals surface area (Å²) < 4.78 is 18.3. The van der Waals surface area contributed by atoms with Crippen molar-refractivity contribution >= 4 is 69.0 Å². The van der Waals surface area contributed by atoms with Gasteiger partial charge in [0.1, 0.15) is 30.4 Å². The van der Waals surface area contributed by atoms with Gasteiger partial charge in [0.15, 0.2) is 0 Å². The molecule has 1 aliphatic carbocycles. The van der Waals surface area contributed by atoms with E-state index >= 15 is 0 Å². The maximum absolute atomic E-state index is 13.5. The second-order valence-electron chi connectivity index (χ2n) is 16.0. The van der Waals surface area contributed by atoms with Gasteiger partial charge in [-0.3, -0.25) is 19.3 Å². The van der Waals surface area contributed by atoms with Gasteiger partial charge in [0.05, 0.1) is 13.0 Å². The zero-order valence-electron chi connectivity index (χ0n) is 34.6. The molecule has 3 amide bonds. The van der Waals surface area contributed by atoms with Crippen LogP contribution >= 0.6 is 15.9 Å². The van der Waals surface area contributed by atoms with E-state index in [1.807, 2.05) is 68.5 Å². The van der Waals surface area contributed by atoms with Crippen LogP contribution in [0.15, 0.2) is 102 Å². The minimum atomic E-state index is -1.79. The Morgan fingerprint density at radius 2 is 1.73 bits per heavy atom. The van der Waals surface area contributed by atoms with Crippen LogP contribution < -0.4 is 25.7 Å². The molecule has 0 bridgehead atoms. The fraction of sp³-hybridized carbons (Fsp3) is 0.356. The third kappa shape index (κ3) is 13.3. The summed E-state index contributed by atoms with van der Waals surface area (Å²) in [6.45, 7) is 9.05. The lowest BCUT2D eigenvalue weighted by Gasteiger charge is -2.37. The second-order valence-corrected chi connectivity index (χ2v) is 17.0. The first-order valence-corrected chi connectivity index (χ1v) is 20.6. The molecule has 0 fully saturated rings. The first-order chi connectivity index (χ1) is 28.5. The molecule has 1 aromatic heterocycles. The Hall–Kier alpha value is -5.51. The molecule has 5 rings (SSSR count). The Balaban J connectivity index is 1.20. The molecule has 1 heterocycles. The number of aryl methyl sites for hydroxylation is 1. The van der Waals surface area contributed by atoms with E-state index in [4.69, 9.17) is 14.2 Å². The lowest BCUT2D eigenvalue weighted by Crippen LogP contribution is -2.50. The van der Waals surface area contributed by atoms with Crippen LogP contribution in [-0.4, -0.2) is 70.8 Å². The van der Waals surface area contributed by atoms with Gasteiger partial charge in [0.25, 0.3) is 0 Å². The molecule has 4 aromatic rings. The number of aromatic nitrogens is 1. The fourth-order valence-electron chi connectivity index (χ4n) is 6.73. The number of carbonyl (C=O) groups excluding carboxylic acids is 4. The highest BCUT2D eigenvalue weighted by atomic mass is 79.9. The molecule has 2 atom stereocenters. The maximum Gasteiger partial charge on any atom is 0.489 e. The van der Waals surface area contributed by atoms with Gasteiger partial charge < -0.3 is 34.9 Å². The van der Waals surface area contributed by atoms with E-state index in [1.165, 1.54) is 4.90 Å². The molecule has 0 spiro atoms. The molecule has 13 nitrogen and oxygen atoms in total. The van der Waals surface area contributed by atoms with Gasteiger partial charge in [-0.25, -0.2) is 9.78 Å². The maximum atomic E-state index is 13.5. The van der Waals surface area contributed by atoms with Gasteiger partial charge in [-0.15, -0.1) is 0 Å². The van der Waals surface area contributed by atoms with Crippen LogP contribution in [0.3, 0.4) is 0 Å². The average molecular weight is 884 g/mol. The molecule has 316 valence electrons. The van der Waals surface area contributed by atoms with Gasteiger partial charge in [0, 0.05) is 36.0 Å². The van der Waals surface area contributed by atoms with Crippen molar-refractivity contribution < 1.29 is 43.4 Å². The number of allylic oxidation sites excluding steroid dienone is 3. The van der Waals surface area contributed by atoms with Gasteiger partial charge in [-0.1, -0.05) is 89.6 Å². The molecular weight excluding hydrogens is 831 g/mol. The van der Waals surface area contributed by atoms with E-state index in [1.54, 1.807) is 63.4 Å². The normalized spacial score (nSPS) is 15.4. The van der Waals surface area contributed by atoms with Crippen molar-refractivity contribution in [3.8, 4) is 5.75 Å². The Kier molecular flexibility index (Phi) is 15.7. The van der Waals surface area contributed by atoms with Crippen LogP contribution in [0.2, 0.25) is 0 Å². The molecular formula is C45H52BBrN4O9. The first-order valence-electron chi connectivity index (χ1n) is 19.8. The smallest absolute Gasteiger partial charge is 0.488 e. The standard InChI is InChI=1S/C45H52BBrN4O9/c1-30-18-20-48-39(22-30)51(43(55)60-44(2,3)4)21-11-17-40(52)49-27-41(53)50-38(45(5)19-10-14-33(47)26-45)25-42(54)59-29-32-23-35-34(36(24-32)46(56)57)15-9-16-37(35)58-28-31-12-7-6-8-13-31/h6-10,12-16,18-20,22-24,38,56-57H,11,17,21,25-29H2,1-5H3,(H,49,52)(H,50,53)/t38-,45?/m0/s1. The van der Waals surface area contributed by atoms with Crippen LogP contribution in [-0.2, 0) is 37.1 Å². The van der Waals surface area contributed by atoms with Crippen molar-refractivity contribution in [2.45, 2.75) is 85.2 Å². The number of nitrogens with one attached hydrogen (secondary N) is 2. The van der Waals surface area contributed by atoms with E-state index in [0.29, 0.717) is 40.9 Å². The van der Waals surface area contributed by atoms with Crippen molar-refractivity contribution in [3.63, 3.8) is 0 Å². The Bertz CT molecular complexity index is 2230. The molecule has 60 heavy (non-hydrogen) atoms. The SMILES string of the molecule is Cc1ccnc(N(CCCC(=O)NCC(=O)N[C@@H](CC(=O)OCc2cc(B(O)O)c3cccc(OCc4ccccc4)c3c2)C2(C)C=CC=C(Br)C2)C(=O)OC(C)(C)C)c1. The number of carbonyl (C=O) groups is 4. The molecule has 1 unspecified atom stereocenters. The third-order valence-corrected chi connectivity index (χ3v) is 10.3. The molecule has 0 radical (unpaired) electrons. The van der Waals surface area contributed by atoms with E-state index < -0.39 is 48.1 Å². The van der Waals surface area contributed by atoms with Crippen LogP contribution in [0.1, 0.15) is 70.1 Å². The summed E-state index contributed by atoms with van der Waals surface area (Å²) in [5.41, 5.74) is 1.19. The predicted octanol–water partition coefficient (Wildman–Crippen LogP) is 6.30. The van der Waals surface area contributed by atoms with Crippen LogP contribution in [0.25, 0.3) is 10.8 Å². The number of halogens is 1. The zero-order chi connectivity index (χ0) is 43.5. The number of hydrogen-bond acceptors (Lipinski definition) is 10. The second kappa shape index (κ2) is 20.6. The number of hydrogen-bond donors (Lipinski definition) is 4. The molecule has 0 aliphatic heterocycles. The quantitative estimate of drug-likeness (QED) is 0.0696. The number of esters is 1. The number of anilines is 1. The third-order valence-electron chi connectivity index (χ3n) is 9.79. The van der Waals surface area contributed by atoms with Gasteiger partial charge in [-0.05, 0) is 96.8 Å². The van der Waals surface area contributed by atoms with Crippen molar-refractivity contribution in [1.29, 1.82) is 0 Å². The highest BCUT2D eigenvalue weighted by Crippen LogP contribution is 2.38. The summed E-state index contributed by atoms with van der Waals surface area (Å²) in [6.07, 6.45) is 7.28. The van der Waals surface area contributed by atoms with Crippen molar-refractivity contribution in [2.24, 2.45) is 5.41 Å². The van der Waals surface area contributed by atoms with E-state index in [0.717, 1.165) is 15.6 Å². The number of pyridine rings is 1. The topological polar surface area (TPSA) is 177 Å². The lowest BCUT2D eigenvalue weighted by atomic mass is 9.75.